The summed E-state index contributed by atoms with van der Waals surface area (Å²) in [6, 6.07) is 16.9. The molecule has 0 radical (unpaired) electrons. The topological polar surface area (TPSA) is 163 Å². The summed E-state index contributed by atoms with van der Waals surface area (Å²) < 4.78 is 11.7. The van der Waals surface area contributed by atoms with Gasteiger partial charge in [0.15, 0.2) is 5.78 Å². The summed E-state index contributed by atoms with van der Waals surface area (Å²) in [4.78, 5) is 42.4. The lowest BCUT2D eigenvalue weighted by atomic mass is 9.69. The van der Waals surface area contributed by atoms with Crippen molar-refractivity contribution in [1.82, 2.24) is 10.2 Å². The first-order valence-corrected chi connectivity index (χ1v) is 15.3. The molecule has 3 aromatic carbocycles. The molecule has 2 aliphatic rings. The Hall–Kier alpha value is -4.29. The number of para-hydroxylation sites is 1. The minimum atomic E-state index is -1.57. The summed E-state index contributed by atoms with van der Waals surface area (Å²) in [5.74, 6) is 0.514. The molecule has 1 saturated heterocycles. The van der Waals surface area contributed by atoms with Crippen molar-refractivity contribution in [2.45, 2.75) is 37.4 Å². The van der Waals surface area contributed by atoms with Crippen molar-refractivity contribution in [3.05, 3.63) is 87.8 Å². The lowest BCUT2D eigenvalue weighted by Gasteiger charge is -2.37. The van der Waals surface area contributed by atoms with Gasteiger partial charge in [-0.1, -0.05) is 30.3 Å². The van der Waals surface area contributed by atoms with E-state index in [4.69, 9.17) is 26.7 Å². The van der Waals surface area contributed by atoms with E-state index in [-0.39, 0.29) is 17.9 Å². The normalized spacial score (nSPS) is 21.1. The zero-order valence-corrected chi connectivity index (χ0v) is 25.4. The zero-order chi connectivity index (χ0) is 31.2. The lowest BCUT2D eigenvalue weighted by molar-refractivity contribution is -0.131. The van der Waals surface area contributed by atoms with Crippen LogP contribution in [0.5, 0.6) is 11.5 Å². The number of rotatable bonds is 8. The molecule has 1 fully saturated rings. The molecule has 44 heavy (non-hydrogen) atoms. The highest BCUT2D eigenvalue weighted by molar-refractivity contribution is 7.21. The van der Waals surface area contributed by atoms with E-state index in [1.807, 2.05) is 43.3 Å². The Morgan fingerprint density at radius 2 is 1.84 bits per heavy atom. The molecule has 3 unspecified atom stereocenters. The SMILES string of the molecule is COCCC(=O)N1CCC(NC(=O)c2sc3c(N)ccc4c3c2C(N)C(=O)C4(N)c2ccc(Oc3ccccc3)cc2C)C1. The summed E-state index contributed by atoms with van der Waals surface area (Å²) in [7, 11) is 1.55. The van der Waals surface area contributed by atoms with E-state index in [1.54, 1.807) is 36.3 Å². The molecule has 10 nitrogen and oxygen atoms in total. The number of nitrogens with one attached hydrogen (secondary N) is 1. The van der Waals surface area contributed by atoms with Crippen LogP contribution in [-0.2, 0) is 19.9 Å². The Kier molecular flexibility index (Phi) is 7.89. The molecule has 0 spiro atoms. The van der Waals surface area contributed by atoms with E-state index in [0.717, 1.165) is 5.56 Å². The molecule has 0 saturated carbocycles. The summed E-state index contributed by atoms with van der Waals surface area (Å²) >= 11 is 1.21. The number of amides is 2. The van der Waals surface area contributed by atoms with Crippen molar-refractivity contribution in [2.24, 2.45) is 11.5 Å². The van der Waals surface area contributed by atoms with Crippen LogP contribution < -0.4 is 27.3 Å². The van der Waals surface area contributed by atoms with Crippen LogP contribution in [0.2, 0.25) is 0 Å². The number of ether oxygens (including phenoxy) is 2. The van der Waals surface area contributed by atoms with Gasteiger partial charge in [0, 0.05) is 42.9 Å². The number of methoxy groups -OCH3 is 1. The molecule has 228 valence electrons. The smallest absolute Gasteiger partial charge is 0.262 e. The number of carbonyl (C=O) groups is 3. The lowest BCUT2D eigenvalue weighted by Crippen LogP contribution is -2.53. The van der Waals surface area contributed by atoms with Crippen molar-refractivity contribution in [3.8, 4) is 11.5 Å². The monoisotopic (exact) mass is 613 g/mol. The predicted molar refractivity (Wildman–Crippen MR) is 170 cm³/mol. The van der Waals surface area contributed by atoms with Crippen molar-refractivity contribution < 1.29 is 23.9 Å². The number of nitrogen functional groups attached to an aromatic ring is 1. The minimum Gasteiger partial charge on any atom is -0.457 e. The maximum Gasteiger partial charge on any atom is 0.262 e. The van der Waals surface area contributed by atoms with Gasteiger partial charge in [-0.25, -0.2) is 0 Å². The maximum atomic E-state index is 14.2. The van der Waals surface area contributed by atoms with Gasteiger partial charge in [-0.3, -0.25) is 14.4 Å². The Labute approximate surface area is 259 Å². The van der Waals surface area contributed by atoms with Crippen LogP contribution in [0.4, 0.5) is 5.69 Å². The first kappa shape index (κ1) is 29.8. The molecule has 0 bridgehead atoms. The van der Waals surface area contributed by atoms with Crippen LogP contribution in [0, 0.1) is 6.92 Å². The number of nitrogens with two attached hydrogens (primary N) is 3. The Morgan fingerprint density at radius 1 is 1.09 bits per heavy atom. The fourth-order valence-corrected chi connectivity index (χ4v) is 7.50. The molecule has 1 aliphatic heterocycles. The van der Waals surface area contributed by atoms with E-state index < -0.39 is 17.4 Å². The zero-order valence-electron chi connectivity index (χ0n) is 24.6. The largest absolute Gasteiger partial charge is 0.457 e. The number of hydrogen-bond acceptors (Lipinski definition) is 9. The van der Waals surface area contributed by atoms with Gasteiger partial charge < -0.3 is 36.9 Å². The number of nitrogens with zero attached hydrogens (tertiary/aromatic N) is 1. The number of anilines is 1. The van der Waals surface area contributed by atoms with Crippen LogP contribution >= 0.6 is 11.3 Å². The highest BCUT2D eigenvalue weighted by atomic mass is 32.1. The third kappa shape index (κ3) is 5.01. The van der Waals surface area contributed by atoms with Crippen LogP contribution in [0.15, 0.2) is 60.7 Å². The number of hydrogen-bond donors (Lipinski definition) is 4. The van der Waals surface area contributed by atoms with Gasteiger partial charge in [0.1, 0.15) is 17.0 Å². The molecule has 4 aromatic rings. The predicted octanol–water partition coefficient (Wildman–Crippen LogP) is 3.74. The third-order valence-electron chi connectivity index (χ3n) is 8.52. The first-order valence-electron chi connectivity index (χ1n) is 14.5. The number of thiophene rings is 1. The van der Waals surface area contributed by atoms with E-state index in [0.29, 0.717) is 81.4 Å². The Bertz CT molecular complexity index is 1770. The average Bonchev–Trinajstić information content (AvgIpc) is 3.65. The van der Waals surface area contributed by atoms with Crippen LogP contribution in [0.3, 0.4) is 0 Å². The fourth-order valence-electron chi connectivity index (χ4n) is 6.30. The third-order valence-corrected chi connectivity index (χ3v) is 9.77. The molecule has 6 rings (SSSR count). The van der Waals surface area contributed by atoms with Crippen LogP contribution in [0.25, 0.3) is 10.1 Å². The average molecular weight is 614 g/mol. The second-order valence-electron chi connectivity index (χ2n) is 11.3. The van der Waals surface area contributed by atoms with E-state index >= 15 is 0 Å². The van der Waals surface area contributed by atoms with Crippen molar-refractivity contribution >= 4 is 44.7 Å². The molecule has 1 aromatic heterocycles. The van der Waals surface area contributed by atoms with Crippen molar-refractivity contribution in [3.63, 3.8) is 0 Å². The quantitative estimate of drug-likeness (QED) is 0.219. The fraction of sp³-hybridized carbons (Fsp3) is 0.303. The van der Waals surface area contributed by atoms with Gasteiger partial charge in [0.25, 0.3) is 5.91 Å². The molecule has 2 amide bonds. The number of Topliss-reactive ketones (excluding diaryl/α,β-unsaturated/α-hetero) is 1. The molecular weight excluding hydrogens is 578 g/mol. The number of aryl methyl sites for hydroxylation is 1. The summed E-state index contributed by atoms with van der Waals surface area (Å²) in [5, 5.41) is 3.69. The van der Waals surface area contributed by atoms with Crippen molar-refractivity contribution in [2.75, 3.05) is 32.5 Å². The van der Waals surface area contributed by atoms with E-state index in [1.165, 1.54) is 11.3 Å². The standard InChI is InChI=1S/C33H35N5O5S/c1-18-16-21(43-20-6-4-3-5-7-20)8-9-22(18)33(36)23-10-11-24(34)29-26(23)27(28(35)31(33)40)30(44-29)32(41)37-19-12-14-38(17-19)25(39)13-15-42-2/h3-11,16,19,28H,12-15,17,34-36H2,1-2H3,(H,37,41). The highest BCUT2D eigenvalue weighted by Gasteiger charge is 2.49. The Balaban J connectivity index is 1.34. The van der Waals surface area contributed by atoms with E-state index in [2.05, 4.69) is 5.32 Å². The van der Waals surface area contributed by atoms with Gasteiger partial charge in [-0.2, -0.15) is 0 Å². The number of likely N-dealkylation sites (tertiary alicyclic amines) is 1. The summed E-state index contributed by atoms with van der Waals surface area (Å²) in [5.41, 5.74) is 21.4. The second-order valence-corrected chi connectivity index (χ2v) is 12.4. The molecule has 7 N–H and O–H groups in total. The molecule has 2 heterocycles. The van der Waals surface area contributed by atoms with Gasteiger partial charge >= 0.3 is 0 Å². The molecular formula is C33H35N5O5S. The van der Waals surface area contributed by atoms with Gasteiger partial charge in [0.2, 0.25) is 5.91 Å². The molecule has 1 aliphatic carbocycles. The maximum absolute atomic E-state index is 14.2. The summed E-state index contributed by atoms with van der Waals surface area (Å²) in [6.45, 7) is 3.18. The number of carbonyl (C=O) groups excluding carboxylic acids is 3. The summed E-state index contributed by atoms with van der Waals surface area (Å²) in [6.07, 6.45) is 0.915. The molecule has 11 heteroatoms. The van der Waals surface area contributed by atoms with Crippen LogP contribution in [-0.4, -0.2) is 55.3 Å². The molecule has 3 atom stereocenters. The number of ketones is 1. The number of benzene rings is 3. The van der Waals surface area contributed by atoms with E-state index in [9.17, 15) is 14.4 Å². The second kappa shape index (κ2) is 11.7. The van der Waals surface area contributed by atoms with Gasteiger partial charge in [-0.15, -0.1) is 11.3 Å². The van der Waals surface area contributed by atoms with Crippen molar-refractivity contribution in [1.29, 1.82) is 0 Å². The van der Waals surface area contributed by atoms with Gasteiger partial charge in [0.05, 0.1) is 28.6 Å². The van der Waals surface area contributed by atoms with Crippen LogP contribution in [0.1, 0.15) is 50.8 Å². The Morgan fingerprint density at radius 3 is 2.57 bits per heavy atom. The highest BCUT2D eigenvalue weighted by Crippen LogP contribution is 2.50. The van der Waals surface area contributed by atoms with Gasteiger partial charge in [-0.05, 0) is 60.4 Å². The minimum absolute atomic E-state index is 0.0140. The first-order chi connectivity index (χ1) is 21.1.